The molecule has 1 heterocycles. The second-order valence-electron chi connectivity index (χ2n) is 6.48. The number of rotatable bonds is 8. The summed E-state index contributed by atoms with van der Waals surface area (Å²) in [6.45, 7) is 1.02. The van der Waals surface area contributed by atoms with Crippen LogP contribution in [0.2, 0.25) is 0 Å². The molecule has 0 unspecified atom stereocenters. The van der Waals surface area contributed by atoms with Crippen molar-refractivity contribution in [2.45, 2.75) is 44.9 Å². The van der Waals surface area contributed by atoms with Crippen molar-refractivity contribution in [1.82, 2.24) is 10.3 Å². The Bertz CT molecular complexity index is 686. The van der Waals surface area contributed by atoms with Gasteiger partial charge < -0.3 is 10.1 Å². The molecule has 1 aliphatic rings. The molecule has 0 fully saturated rings. The molecule has 1 N–H and O–H groups in total. The van der Waals surface area contributed by atoms with E-state index < -0.39 is 0 Å². The zero-order valence-corrected chi connectivity index (χ0v) is 14.7. The minimum Gasteiger partial charge on any atom is -0.492 e. The van der Waals surface area contributed by atoms with Gasteiger partial charge in [-0.1, -0.05) is 24.3 Å². The molecule has 0 bridgehead atoms. The number of carbonyl (C=O) groups is 1. The van der Waals surface area contributed by atoms with Gasteiger partial charge in [-0.05, 0) is 62.3 Å². The van der Waals surface area contributed by atoms with Crippen LogP contribution in [0, 0.1) is 0 Å². The molecule has 25 heavy (non-hydrogen) atoms. The zero-order valence-electron chi connectivity index (χ0n) is 14.7. The van der Waals surface area contributed by atoms with E-state index in [9.17, 15) is 4.79 Å². The van der Waals surface area contributed by atoms with Crippen molar-refractivity contribution in [3.8, 4) is 5.75 Å². The summed E-state index contributed by atoms with van der Waals surface area (Å²) >= 11 is 0. The van der Waals surface area contributed by atoms with Gasteiger partial charge in [0.1, 0.15) is 12.4 Å². The highest BCUT2D eigenvalue weighted by atomic mass is 16.5. The number of para-hydroxylation sites is 1. The fourth-order valence-corrected chi connectivity index (χ4v) is 3.16. The quantitative estimate of drug-likeness (QED) is 0.750. The van der Waals surface area contributed by atoms with Crippen molar-refractivity contribution < 1.29 is 9.53 Å². The van der Waals surface area contributed by atoms with Crippen LogP contribution in [-0.4, -0.2) is 24.0 Å². The van der Waals surface area contributed by atoms with Gasteiger partial charge in [-0.3, -0.25) is 9.78 Å². The molecule has 4 heteroatoms. The third kappa shape index (κ3) is 5.59. The highest BCUT2D eigenvalue weighted by Crippen LogP contribution is 2.20. The first-order chi connectivity index (χ1) is 12.3. The molecule has 4 nitrogen and oxygen atoms in total. The number of nitrogens with zero attached hydrogens (tertiary/aromatic N) is 1. The molecule has 1 aromatic heterocycles. The summed E-state index contributed by atoms with van der Waals surface area (Å²) in [5.41, 5.74) is 3.79. The van der Waals surface area contributed by atoms with Crippen LogP contribution in [0.3, 0.4) is 0 Å². The monoisotopic (exact) mass is 338 g/mol. The van der Waals surface area contributed by atoms with Crippen LogP contribution in [0.4, 0.5) is 0 Å². The lowest BCUT2D eigenvalue weighted by Crippen LogP contribution is -2.27. The summed E-state index contributed by atoms with van der Waals surface area (Å²) in [6.07, 6.45) is 7.02. The van der Waals surface area contributed by atoms with Crippen molar-refractivity contribution >= 4 is 5.91 Å². The molecular weight excluding hydrogens is 312 g/mol. The Morgan fingerprint density at radius 2 is 1.92 bits per heavy atom. The Labute approximate surface area is 149 Å². The van der Waals surface area contributed by atoms with Crippen molar-refractivity contribution in [3.05, 3.63) is 59.4 Å². The van der Waals surface area contributed by atoms with E-state index in [-0.39, 0.29) is 5.91 Å². The minimum absolute atomic E-state index is 0.0784. The lowest BCUT2D eigenvalue weighted by molar-refractivity contribution is -0.121. The van der Waals surface area contributed by atoms with E-state index in [0.29, 0.717) is 19.6 Å². The van der Waals surface area contributed by atoms with E-state index in [4.69, 9.17) is 9.72 Å². The maximum Gasteiger partial charge on any atom is 0.220 e. The van der Waals surface area contributed by atoms with Gasteiger partial charge in [-0.2, -0.15) is 0 Å². The number of hydrogen-bond acceptors (Lipinski definition) is 3. The molecule has 3 rings (SSSR count). The van der Waals surface area contributed by atoms with E-state index in [1.165, 1.54) is 24.1 Å². The Kier molecular flexibility index (Phi) is 6.43. The largest absolute Gasteiger partial charge is 0.492 e. The highest BCUT2D eigenvalue weighted by Gasteiger charge is 2.11. The Balaban J connectivity index is 1.31. The first kappa shape index (κ1) is 17.5. The third-order valence-corrected chi connectivity index (χ3v) is 4.51. The van der Waals surface area contributed by atoms with Crippen LogP contribution in [0.15, 0.2) is 42.5 Å². The average Bonchev–Trinajstić information content (AvgIpc) is 2.66. The number of hydrogen-bond donors (Lipinski definition) is 1. The molecule has 0 saturated carbocycles. The number of aryl methyl sites for hydroxylation is 3. The standard InChI is InChI=1S/C21H26N2O2/c24-21(22-15-16-25-19-9-2-1-3-10-19)12-6-8-18-14-13-17-7-4-5-11-20(17)23-18/h1-3,9-10,13-14H,4-8,11-12,15-16H2,(H,22,24). The first-order valence-electron chi connectivity index (χ1n) is 9.23. The maximum atomic E-state index is 11.9. The maximum absolute atomic E-state index is 11.9. The molecule has 0 atom stereocenters. The zero-order chi connectivity index (χ0) is 17.3. The fraction of sp³-hybridized carbons (Fsp3) is 0.429. The van der Waals surface area contributed by atoms with Crippen LogP contribution < -0.4 is 10.1 Å². The number of ether oxygens (including phenoxy) is 1. The summed E-state index contributed by atoms with van der Waals surface area (Å²) in [7, 11) is 0. The van der Waals surface area contributed by atoms with Gasteiger partial charge in [0.25, 0.3) is 0 Å². The van der Waals surface area contributed by atoms with Gasteiger partial charge in [-0.25, -0.2) is 0 Å². The first-order valence-corrected chi connectivity index (χ1v) is 9.23. The molecule has 132 valence electrons. The second-order valence-corrected chi connectivity index (χ2v) is 6.48. The highest BCUT2D eigenvalue weighted by molar-refractivity contribution is 5.75. The summed E-state index contributed by atoms with van der Waals surface area (Å²) < 4.78 is 5.56. The van der Waals surface area contributed by atoms with Crippen LogP contribution >= 0.6 is 0 Å². The van der Waals surface area contributed by atoms with Crippen LogP contribution in [0.1, 0.15) is 42.6 Å². The molecule has 0 saturated heterocycles. The molecular formula is C21H26N2O2. The number of pyridine rings is 1. The summed E-state index contributed by atoms with van der Waals surface area (Å²) in [5, 5.41) is 2.90. The lowest BCUT2D eigenvalue weighted by Gasteiger charge is -2.15. The van der Waals surface area contributed by atoms with Gasteiger partial charge in [-0.15, -0.1) is 0 Å². The number of carbonyl (C=O) groups excluding carboxylic acids is 1. The molecule has 2 aromatic rings. The molecule has 1 amide bonds. The Morgan fingerprint density at radius 3 is 2.80 bits per heavy atom. The third-order valence-electron chi connectivity index (χ3n) is 4.51. The fourth-order valence-electron chi connectivity index (χ4n) is 3.16. The normalized spacial score (nSPS) is 13.1. The minimum atomic E-state index is 0.0784. The van der Waals surface area contributed by atoms with E-state index >= 15 is 0 Å². The number of aromatic nitrogens is 1. The van der Waals surface area contributed by atoms with Crippen LogP contribution in [-0.2, 0) is 24.1 Å². The molecule has 0 radical (unpaired) electrons. The lowest BCUT2D eigenvalue weighted by atomic mass is 9.95. The Morgan fingerprint density at radius 1 is 1.08 bits per heavy atom. The van der Waals surface area contributed by atoms with Crippen molar-refractivity contribution in [2.75, 3.05) is 13.2 Å². The number of fused-ring (bicyclic) bond motifs is 1. The number of amides is 1. The summed E-state index contributed by atoms with van der Waals surface area (Å²) in [6, 6.07) is 14.0. The van der Waals surface area contributed by atoms with E-state index in [1.54, 1.807) is 0 Å². The van der Waals surface area contributed by atoms with Crippen molar-refractivity contribution in [1.29, 1.82) is 0 Å². The molecule has 0 aliphatic heterocycles. The van der Waals surface area contributed by atoms with E-state index in [2.05, 4.69) is 17.4 Å². The predicted octanol–water partition coefficient (Wildman–Crippen LogP) is 3.48. The second kappa shape index (κ2) is 9.21. The van der Waals surface area contributed by atoms with Crippen molar-refractivity contribution in [2.24, 2.45) is 0 Å². The molecule has 1 aliphatic carbocycles. The van der Waals surface area contributed by atoms with Gasteiger partial charge >= 0.3 is 0 Å². The SMILES string of the molecule is O=C(CCCc1ccc2c(n1)CCCC2)NCCOc1ccccc1. The summed E-state index contributed by atoms with van der Waals surface area (Å²) in [5.74, 6) is 0.907. The topological polar surface area (TPSA) is 51.2 Å². The molecule has 1 aromatic carbocycles. The van der Waals surface area contributed by atoms with Crippen LogP contribution in [0.25, 0.3) is 0 Å². The van der Waals surface area contributed by atoms with E-state index in [0.717, 1.165) is 37.1 Å². The van der Waals surface area contributed by atoms with Gasteiger partial charge in [0.2, 0.25) is 5.91 Å². The van der Waals surface area contributed by atoms with Gasteiger partial charge in [0, 0.05) is 17.8 Å². The Hall–Kier alpha value is -2.36. The molecule has 0 spiro atoms. The van der Waals surface area contributed by atoms with Crippen LogP contribution in [0.5, 0.6) is 5.75 Å². The van der Waals surface area contributed by atoms with Crippen molar-refractivity contribution in [3.63, 3.8) is 0 Å². The van der Waals surface area contributed by atoms with Gasteiger partial charge in [0.05, 0.1) is 6.54 Å². The number of benzene rings is 1. The smallest absolute Gasteiger partial charge is 0.220 e. The summed E-state index contributed by atoms with van der Waals surface area (Å²) in [4.78, 5) is 16.7. The predicted molar refractivity (Wildman–Crippen MR) is 98.8 cm³/mol. The average molecular weight is 338 g/mol. The number of nitrogens with one attached hydrogen (secondary N) is 1. The van der Waals surface area contributed by atoms with Gasteiger partial charge in [0.15, 0.2) is 0 Å². The van der Waals surface area contributed by atoms with E-state index in [1.807, 2.05) is 30.3 Å².